The summed E-state index contributed by atoms with van der Waals surface area (Å²) in [5.41, 5.74) is 2.49. The molecule has 1 fully saturated rings. The third-order valence-corrected chi connectivity index (χ3v) is 5.70. The van der Waals surface area contributed by atoms with Gasteiger partial charge in [0.1, 0.15) is 5.54 Å². The summed E-state index contributed by atoms with van der Waals surface area (Å²) in [5, 5.41) is 13.3. The highest BCUT2D eigenvalue weighted by atomic mass is 32.1. The van der Waals surface area contributed by atoms with E-state index in [-0.39, 0.29) is 5.91 Å². The fourth-order valence-corrected chi connectivity index (χ4v) is 4.16. The minimum atomic E-state index is -0.663. The SMILES string of the molecule is Cc1ccccc1-c1csc(NC(=O)C2(n3cccn3)CCNCC2)n1. The number of hydrogen-bond acceptors (Lipinski definition) is 5. The Morgan fingerprint density at radius 3 is 2.81 bits per heavy atom. The highest BCUT2D eigenvalue weighted by Crippen LogP contribution is 2.31. The van der Waals surface area contributed by atoms with Gasteiger partial charge in [-0.2, -0.15) is 5.10 Å². The first-order valence-corrected chi connectivity index (χ1v) is 9.61. The molecule has 0 saturated carbocycles. The lowest BCUT2D eigenvalue weighted by atomic mass is 9.87. The van der Waals surface area contributed by atoms with Gasteiger partial charge in [-0.05, 0) is 44.5 Å². The minimum Gasteiger partial charge on any atom is -0.317 e. The zero-order chi connectivity index (χ0) is 18.0. The Bertz CT molecular complexity index is 896. The van der Waals surface area contributed by atoms with E-state index < -0.39 is 5.54 Å². The molecule has 134 valence electrons. The zero-order valence-corrected chi connectivity index (χ0v) is 15.4. The Morgan fingerprint density at radius 1 is 1.27 bits per heavy atom. The molecule has 6 nitrogen and oxygen atoms in total. The van der Waals surface area contributed by atoms with Crippen molar-refractivity contribution in [3.8, 4) is 11.3 Å². The Balaban J connectivity index is 1.59. The van der Waals surface area contributed by atoms with Crippen LogP contribution in [0.15, 0.2) is 48.1 Å². The van der Waals surface area contributed by atoms with Gasteiger partial charge >= 0.3 is 0 Å². The molecule has 1 aliphatic rings. The molecule has 4 rings (SSSR count). The number of rotatable bonds is 4. The number of amides is 1. The third kappa shape index (κ3) is 3.04. The number of hydrogen-bond donors (Lipinski definition) is 2. The van der Waals surface area contributed by atoms with Crippen LogP contribution in [0, 0.1) is 6.92 Å². The predicted molar refractivity (Wildman–Crippen MR) is 103 cm³/mol. The fourth-order valence-electron chi connectivity index (χ4n) is 3.45. The number of carbonyl (C=O) groups is 1. The highest BCUT2D eigenvalue weighted by molar-refractivity contribution is 7.14. The summed E-state index contributed by atoms with van der Waals surface area (Å²) < 4.78 is 1.79. The van der Waals surface area contributed by atoms with E-state index in [0.29, 0.717) is 18.0 Å². The average molecular weight is 367 g/mol. The maximum Gasteiger partial charge on any atom is 0.254 e. The normalized spacial score (nSPS) is 16.3. The van der Waals surface area contributed by atoms with Crippen LogP contribution in [0.5, 0.6) is 0 Å². The van der Waals surface area contributed by atoms with Crippen molar-refractivity contribution in [1.29, 1.82) is 0 Å². The molecule has 1 amide bonds. The van der Waals surface area contributed by atoms with Crippen LogP contribution in [0.3, 0.4) is 0 Å². The highest BCUT2D eigenvalue weighted by Gasteiger charge is 2.42. The van der Waals surface area contributed by atoms with Gasteiger partial charge in [0.05, 0.1) is 5.69 Å². The molecule has 2 N–H and O–H groups in total. The second-order valence-electron chi connectivity index (χ2n) is 6.54. The quantitative estimate of drug-likeness (QED) is 0.743. The molecule has 7 heteroatoms. The molecule has 1 saturated heterocycles. The van der Waals surface area contributed by atoms with Crippen LogP contribution in [-0.2, 0) is 10.3 Å². The van der Waals surface area contributed by atoms with Crippen molar-refractivity contribution < 1.29 is 4.79 Å². The van der Waals surface area contributed by atoms with Crippen molar-refractivity contribution in [1.82, 2.24) is 20.1 Å². The predicted octanol–water partition coefficient (Wildman–Crippen LogP) is 3.03. The first-order chi connectivity index (χ1) is 12.7. The number of anilines is 1. The zero-order valence-electron chi connectivity index (χ0n) is 14.6. The Morgan fingerprint density at radius 2 is 2.08 bits per heavy atom. The minimum absolute atomic E-state index is 0.0478. The van der Waals surface area contributed by atoms with E-state index in [1.165, 1.54) is 16.9 Å². The molecule has 0 aliphatic carbocycles. The lowest BCUT2D eigenvalue weighted by Gasteiger charge is -2.36. The van der Waals surface area contributed by atoms with Crippen molar-refractivity contribution >= 4 is 22.4 Å². The van der Waals surface area contributed by atoms with Gasteiger partial charge in [0.15, 0.2) is 5.13 Å². The van der Waals surface area contributed by atoms with Gasteiger partial charge < -0.3 is 5.32 Å². The van der Waals surface area contributed by atoms with Gasteiger partial charge in [-0.15, -0.1) is 11.3 Å². The van der Waals surface area contributed by atoms with Gasteiger partial charge in [0, 0.05) is 23.3 Å². The fraction of sp³-hybridized carbons (Fsp3) is 0.316. The molecule has 1 aliphatic heterocycles. The van der Waals surface area contributed by atoms with Crippen molar-refractivity contribution in [3.05, 3.63) is 53.7 Å². The molecule has 1 aromatic carbocycles. The molecular weight excluding hydrogens is 346 g/mol. The topological polar surface area (TPSA) is 71.8 Å². The number of aryl methyl sites for hydroxylation is 1. The molecular formula is C19H21N5OS. The number of piperidine rings is 1. The van der Waals surface area contributed by atoms with Gasteiger partial charge in [0.25, 0.3) is 5.91 Å². The summed E-state index contributed by atoms with van der Waals surface area (Å²) >= 11 is 1.45. The molecule has 2 aromatic heterocycles. The smallest absolute Gasteiger partial charge is 0.254 e. The third-order valence-electron chi connectivity index (χ3n) is 4.94. The van der Waals surface area contributed by atoms with Gasteiger partial charge in [0.2, 0.25) is 0 Å². The average Bonchev–Trinajstić information content (AvgIpc) is 3.35. The van der Waals surface area contributed by atoms with Crippen molar-refractivity contribution in [3.63, 3.8) is 0 Å². The molecule has 0 spiro atoms. The van der Waals surface area contributed by atoms with E-state index in [4.69, 9.17) is 0 Å². The number of aromatic nitrogens is 3. The van der Waals surface area contributed by atoms with Crippen LogP contribution >= 0.6 is 11.3 Å². The van der Waals surface area contributed by atoms with Crippen molar-refractivity contribution in [2.45, 2.75) is 25.3 Å². The Labute approximate surface area is 156 Å². The van der Waals surface area contributed by atoms with E-state index in [9.17, 15) is 4.79 Å². The van der Waals surface area contributed by atoms with Crippen LogP contribution < -0.4 is 10.6 Å². The summed E-state index contributed by atoms with van der Waals surface area (Å²) in [6, 6.07) is 9.99. The lowest BCUT2D eigenvalue weighted by Crippen LogP contribution is -2.52. The van der Waals surface area contributed by atoms with Crippen molar-refractivity contribution in [2.24, 2.45) is 0 Å². The largest absolute Gasteiger partial charge is 0.317 e. The summed E-state index contributed by atoms with van der Waals surface area (Å²) in [6.45, 7) is 3.65. The summed E-state index contributed by atoms with van der Waals surface area (Å²) in [4.78, 5) is 17.8. The van der Waals surface area contributed by atoms with E-state index in [2.05, 4.69) is 33.7 Å². The Kier molecular flexibility index (Phi) is 4.57. The molecule has 3 aromatic rings. The van der Waals surface area contributed by atoms with Crippen molar-refractivity contribution in [2.75, 3.05) is 18.4 Å². The molecule has 26 heavy (non-hydrogen) atoms. The summed E-state index contributed by atoms with van der Waals surface area (Å²) in [7, 11) is 0. The second-order valence-corrected chi connectivity index (χ2v) is 7.40. The standard InChI is InChI=1S/C19H21N5OS/c1-14-5-2-3-6-15(14)16-13-26-18(22-16)23-17(25)19(7-10-20-11-8-19)24-12-4-9-21-24/h2-6,9,12-13,20H,7-8,10-11H2,1H3,(H,22,23,25). The first-order valence-electron chi connectivity index (χ1n) is 8.73. The number of thiazole rings is 1. The van der Waals surface area contributed by atoms with Crippen LogP contribution in [0.1, 0.15) is 18.4 Å². The summed E-state index contributed by atoms with van der Waals surface area (Å²) in [5.74, 6) is -0.0478. The van der Waals surface area contributed by atoms with Gasteiger partial charge in [-0.25, -0.2) is 4.98 Å². The summed E-state index contributed by atoms with van der Waals surface area (Å²) in [6.07, 6.45) is 5.00. The van der Waals surface area contributed by atoms with E-state index in [0.717, 1.165) is 24.3 Å². The molecule has 0 unspecified atom stereocenters. The number of benzene rings is 1. The molecule has 0 radical (unpaired) electrons. The van der Waals surface area contributed by atoms with Crippen LogP contribution in [-0.4, -0.2) is 33.8 Å². The van der Waals surface area contributed by atoms with E-state index in [1.54, 1.807) is 10.9 Å². The maximum atomic E-state index is 13.2. The molecule has 0 bridgehead atoms. The number of nitrogens with zero attached hydrogens (tertiary/aromatic N) is 3. The maximum absolute atomic E-state index is 13.2. The molecule has 3 heterocycles. The second kappa shape index (κ2) is 7.01. The molecule has 0 atom stereocenters. The van der Waals surface area contributed by atoms with Gasteiger partial charge in [-0.3, -0.25) is 14.8 Å². The monoisotopic (exact) mass is 367 g/mol. The van der Waals surface area contributed by atoms with Crippen LogP contribution in [0.4, 0.5) is 5.13 Å². The van der Waals surface area contributed by atoms with E-state index >= 15 is 0 Å². The Hall–Kier alpha value is -2.51. The first kappa shape index (κ1) is 16.9. The van der Waals surface area contributed by atoms with E-state index in [1.807, 2.05) is 35.8 Å². The lowest BCUT2D eigenvalue weighted by molar-refractivity contribution is -0.126. The van der Waals surface area contributed by atoms with Gasteiger partial charge in [-0.1, -0.05) is 24.3 Å². The van der Waals surface area contributed by atoms with Crippen LogP contribution in [0.2, 0.25) is 0 Å². The number of nitrogens with one attached hydrogen (secondary N) is 2. The number of carbonyl (C=O) groups excluding carboxylic acids is 1. The van der Waals surface area contributed by atoms with Crippen LogP contribution in [0.25, 0.3) is 11.3 Å².